The van der Waals surface area contributed by atoms with E-state index in [9.17, 15) is 47.1 Å². The Morgan fingerprint density at radius 1 is 0.404 bits per heavy atom. The van der Waals surface area contributed by atoms with Crippen molar-refractivity contribution in [2.75, 3.05) is 100 Å². The minimum absolute atomic E-state index is 0.00726. The molecule has 8 aliphatic heterocycles. The molecule has 38 heteroatoms. The molecular weight excluding hydrogens is 1940 g/mol. The Morgan fingerprint density at radius 3 is 1.21 bits per heavy atom. The van der Waals surface area contributed by atoms with Gasteiger partial charge in [-0.25, -0.2) is 28.7 Å². The number of rotatable bonds is 28. The lowest BCUT2D eigenvalue weighted by atomic mass is 9.90. The highest BCUT2D eigenvalue weighted by Gasteiger charge is 2.47. The number of hydrogen-bond donors (Lipinski definition) is 8. The van der Waals surface area contributed by atoms with Crippen LogP contribution in [0.15, 0.2) is 148 Å². The first-order chi connectivity index (χ1) is 70.9. The zero-order valence-electron chi connectivity index (χ0n) is 83.8. The van der Waals surface area contributed by atoms with Gasteiger partial charge in [-0.05, 0) is 247 Å². The van der Waals surface area contributed by atoms with Crippen LogP contribution in [0.2, 0.25) is 0 Å². The number of nitrogens with one attached hydrogen (secondary N) is 7. The summed E-state index contributed by atoms with van der Waals surface area (Å²) in [6, 6.07) is 30.8. The number of nitrogens with zero attached hydrogens (tertiary/aromatic N) is 11. The molecule has 0 bridgehead atoms. The fourth-order valence-corrected chi connectivity index (χ4v) is 24.8. The molecule has 15 heterocycles. The zero-order chi connectivity index (χ0) is 102. The van der Waals surface area contributed by atoms with Crippen LogP contribution in [0.4, 0.5) is 8.78 Å². The third kappa shape index (κ3) is 24.5. The number of aryl methyl sites for hydroxylation is 1. The lowest BCUT2D eigenvalue weighted by Gasteiger charge is -2.35. The fourth-order valence-electron chi connectivity index (χ4n) is 20.9. The Balaban J connectivity index is 0.000000133. The Labute approximate surface area is 864 Å². The van der Waals surface area contributed by atoms with E-state index in [0.717, 1.165) is 179 Å². The highest BCUT2D eigenvalue weighted by atomic mass is 32.1. The van der Waals surface area contributed by atoms with Gasteiger partial charge in [0.15, 0.2) is 5.58 Å². The molecule has 12 atom stereocenters. The molecule has 8 amide bonds. The summed E-state index contributed by atoms with van der Waals surface area (Å²) in [4.78, 5) is 143. The Bertz CT molecular complexity index is 6360. The van der Waals surface area contributed by atoms with Gasteiger partial charge in [-0.15, -0.1) is 45.3 Å². The van der Waals surface area contributed by atoms with E-state index in [1.165, 1.54) is 57.7 Å². The lowest BCUT2D eigenvalue weighted by Crippen LogP contribution is -2.56. The van der Waals surface area contributed by atoms with Crippen LogP contribution < -0.4 is 43.0 Å². The van der Waals surface area contributed by atoms with Crippen LogP contribution in [0.1, 0.15) is 187 Å². The number of halogens is 2. The van der Waals surface area contributed by atoms with E-state index in [1.54, 1.807) is 76.7 Å². The number of thiazole rings is 4. The second-order valence-corrected chi connectivity index (χ2v) is 42.4. The van der Waals surface area contributed by atoms with Crippen LogP contribution in [0.3, 0.4) is 0 Å². The third-order valence-corrected chi connectivity index (χ3v) is 33.5. The molecule has 5 aromatic carbocycles. The van der Waals surface area contributed by atoms with Crippen LogP contribution in [0.25, 0.3) is 88.7 Å². The molecule has 9 N–H and O–H groups in total. The number of para-hydroxylation sites is 1. The fraction of sp³-hybridized carbons (Fsp3) is 0.491. The molecule has 8 saturated heterocycles. The van der Waals surface area contributed by atoms with Gasteiger partial charge in [0.25, 0.3) is 0 Å². The minimum atomic E-state index is -0.614. The molecular formula is C108H131F2N19O13S4. The van der Waals surface area contributed by atoms with Crippen molar-refractivity contribution in [1.29, 1.82) is 0 Å². The van der Waals surface area contributed by atoms with Crippen molar-refractivity contribution < 1.29 is 70.6 Å². The molecule has 8 aliphatic rings. The highest BCUT2D eigenvalue weighted by Crippen LogP contribution is 2.45. The molecule has 0 unspecified atom stereocenters. The molecule has 7 aromatic heterocycles. The number of hydrogen-bond acceptors (Lipinski definition) is 28. The van der Waals surface area contributed by atoms with E-state index in [2.05, 4.69) is 99.5 Å². The van der Waals surface area contributed by atoms with Crippen molar-refractivity contribution >= 4 is 136 Å². The molecule has 0 spiro atoms. The smallest absolute Gasteiger partial charge is 0.246 e. The van der Waals surface area contributed by atoms with E-state index in [0.29, 0.717) is 113 Å². The predicted molar refractivity (Wildman–Crippen MR) is 561 cm³/mol. The number of aromatic nitrogens is 7. The average Bonchev–Trinajstić information content (AvgIpc) is 1.62. The van der Waals surface area contributed by atoms with Gasteiger partial charge in [0.2, 0.25) is 47.3 Å². The maximum Gasteiger partial charge on any atom is 0.246 e. The summed E-state index contributed by atoms with van der Waals surface area (Å²) in [6.07, 6.45) is 15.2. The lowest BCUT2D eigenvalue weighted by molar-refractivity contribution is -0.140. The molecule has 12 aromatic rings. The van der Waals surface area contributed by atoms with Gasteiger partial charge in [-0.3, -0.25) is 48.3 Å². The number of nitrogens with two attached hydrogens (primary N) is 1. The van der Waals surface area contributed by atoms with E-state index in [4.69, 9.17) is 49.1 Å². The monoisotopic (exact) mass is 2070 g/mol. The minimum Gasteiger partial charge on any atom is -0.381 e. The third-order valence-electron chi connectivity index (χ3n) is 29.7. The number of amides is 8. The number of carbonyl (C=O) groups is 8. The Morgan fingerprint density at radius 2 is 0.774 bits per heavy atom. The normalized spacial score (nSPS) is 20.3. The quantitative estimate of drug-likeness (QED) is 0.0226. The first-order valence-corrected chi connectivity index (χ1v) is 54.7. The molecule has 0 aliphatic carbocycles. The largest absolute Gasteiger partial charge is 0.381 e. The van der Waals surface area contributed by atoms with Gasteiger partial charge in [0, 0.05) is 140 Å². The molecule has 0 radical (unpaired) electrons. The number of fused-ring (bicyclic) bond motifs is 4. The van der Waals surface area contributed by atoms with Gasteiger partial charge in [0.1, 0.15) is 67.2 Å². The van der Waals surface area contributed by atoms with Crippen LogP contribution in [-0.4, -0.2) is 250 Å². The van der Waals surface area contributed by atoms with Crippen molar-refractivity contribution in [3.8, 4) is 45.2 Å². The second kappa shape index (κ2) is 49.5. The molecule has 32 nitrogen and oxygen atoms in total. The topological polar surface area (TPSA) is 400 Å². The van der Waals surface area contributed by atoms with E-state index in [-0.39, 0.29) is 113 Å². The number of benzene rings is 5. The van der Waals surface area contributed by atoms with E-state index < -0.39 is 42.3 Å². The van der Waals surface area contributed by atoms with Crippen LogP contribution in [0.5, 0.6) is 0 Å². The summed E-state index contributed by atoms with van der Waals surface area (Å²) in [5.74, 6) is -1.49. The van der Waals surface area contributed by atoms with Gasteiger partial charge >= 0.3 is 0 Å². The molecule has 146 heavy (non-hydrogen) atoms. The first-order valence-electron chi connectivity index (χ1n) is 51.2. The van der Waals surface area contributed by atoms with Gasteiger partial charge in [-0.2, -0.15) is 0 Å². The average molecular weight is 2070 g/mol. The first kappa shape index (κ1) is 106. The Kier molecular flexibility index (Phi) is 35.9. The summed E-state index contributed by atoms with van der Waals surface area (Å²) < 4.78 is 55.3. The second-order valence-electron chi connectivity index (χ2n) is 38.9. The molecule has 0 saturated carbocycles. The van der Waals surface area contributed by atoms with Crippen LogP contribution in [0, 0.1) is 42.2 Å². The van der Waals surface area contributed by atoms with Gasteiger partial charge in [-0.1, -0.05) is 72.7 Å². The van der Waals surface area contributed by atoms with Crippen molar-refractivity contribution in [2.24, 2.45) is 29.4 Å². The highest BCUT2D eigenvalue weighted by molar-refractivity contribution is 7.11. The van der Waals surface area contributed by atoms with Crippen molar-refractivity contribution in [1.82, 2.24) is 91.9 Å². The summed E-state index contributed by atoms with van der Waals surface area (Å²) in [5.41, 5.74) is 15.6. The number of likely N-dealkylation sites (N-methyl/N-ethyl adjacent to an activating group) is 3. The maximum atomic E-state index is 14.1. The summed E-state index contributed by atoms with van der Waals surface area (Å²) >= 11 is 6.17. The number of carbonyl (C=O) groups excluding carboxylic acids is 8. The Hall–Kier alpha value is -11.5. The summed E-state index contributed by atoms with van der Waals surface area (Å²) in [5, 5.41) is 41.4. The van der Waals surface area contributed by atoms with Crippen molar-refractivity contribution in [2.45, 2.75) is 216 Å². The summed E-state index contributed by atoms with van der Waals surface area (Å²) in [6.45, 7) is 16.5. The molecule has 8 fully saturated rings. The maximum absolute atomic E-state index is 14.1. The van der Waals surface area contributed by atoms with Gasteiger partial charge in [0.05, 0.1) is 81.8 Å². The van der Waals surface area contributed by atoms with Crippen molar-refractivity contribution in [3.05, 3.63) is 180 Å². The predicted octanol–water partition coefficient (Wildman–Crippen LogP) is 15.1. The number of pyridine rings is 2. The zero-order valence-corrected chi connectivity index (χ0v) is 87.1. The van der Waals surface area contributed by atoms with Gasteiger partial charge < -0.3 is 86.0 Å². The van der Waals surface area contributed by atoms with Crippen LogP contribution in [-0.2, 0) is 57.3 Å². The standard InChI is InChI=1S/C28H34FN5O3S.C28H34N4O3S.C27H33N5O3S.C25H30FN5O4S/c1-16-13-20(21-14-19(29)6-7-22(21)31-16)23-15-38-27(32-23)24-5-4-10-34(24)28(36)25(18-8-11-37-12-9-18)33-26(35)17(2)30-3;1-2-22(29)26(33)31-25(19-12-15-35-16-13-19)28(34)32-14-6-11-24(32)27-30-23(17-36-27)21-10-5-8-18-7-3-4-9-20(18)21;1-17(28-2)25(33)31-24(18-10-14-35-15-11-18)27(34)32-13-5-8-23(32)26-30-22(16-36-26)20-9-12-29-21-7-4-3-6-19(20)21;1-14(27-2)23(32)29-21(15-7-10-34-11-8-15)25(33)31-9-3-4-19(31)24-28-18(13-36-24)22-17-12-16(26)5-6-20(17)35-30-22/h6-7,13-15,17-18,24-25,30H,4-5,8-12H2,1-3H3,(H,33,35);3-5,7-10,17,19,22,24-25H,2,6,11-16,29H2,1H3,(H,31,33);3-4,6-7,9,12,16-18,23-24,28H,5,8,10-11,13-15H2,1-2H3,(H,31,33);5-6,12-15,19,21,27H,3-4,7-11H2,1-2H3,(H,29,32)/t17-,24-,25-;22-,24-,25-;17-,23-,24-;14-,19-,21-/m0000/s1. The SMILES string of the molecule is CC[C@H](N)C(=O)N[C@H](C(=O)N1CCC[C@H]1c1nc(-c2cccc3ccccc23)cs1)C1CCOCC1.CN[C@@H](C)C(=O)N[C@H](C(=O)N1CCC[C@H]1c1nc(-c2cc(C)nc3ccc(F)cc23)cs1)C1CCOCC1.CN[C@@H](C)C(=O)N[C@H](C(=O)N1CCC[C@H]1c1nc(-c2ccnc3ccccc23)cs1)C1CCOCC1.CN[C@@H](C)C(=O)N[C@H](C(=O)N1CCC[C@H]1c1nc(-c2noc3ccc(F)cc23)cs1)C1CCOCC1. The van der Waals surface area contributed by atoms with Crippen molar-refractivity contribution in [3.63, 3.8) is 0 Å². The van der Waals surface area contributed by atoms with E-state index in [1.807, 2.05) is 92.9 Å². The van der Waals surface area contributed by atoms with E-state index >= 15 is 0 Å². The number of likely N-dealkylation sites (tertiary alicyclic amines) is 4. The summed E-state index contributed by atoms with van der Waals surface area (Å²) in [7, 11) is 5.20. The van der Waals surface area contributed by atoms with Crippen LogP contribution >= 0.6 is 45.3 Å². The molecule has 20 rings (SSSR count). The molecule has 774 valence electrons. The number of ether oxygens (including phenoxy) is 4.